The van der Waals surface area contributed by atoms with Gasteiger partial charge in [-0.1, -0.05) is 0 Å². The van der Waals surface area contributed by atoms with Crippen molar-refractivity contribution in [3.05, 3.63) is 17.3 Å². The van der Waals surface area contributed by atoms with Gasteiger partial charge >= 0.3 is 5.97 Å². The van der Waals surface area contributed by atoms with Crippen LogP contribution >= 0.6 is 0 Å². The third-order valence-electron chi connectivity index (χ3n) is 1.78. The van der Waals surface area contributed by atoms with Gasteiger partial charge in [-0.15, -0.1) is 0 Å². The maximum atomic E-state index is 11.4. The molecule has 0 aliphatic heterocycles. The maximum Gasteiger partial charge on any atom is 0.360 e. The molecule has 1 aromatic rings. The van der Waals surface area contributed by atoms with E-state index in [9.17, 15) is 9.59 Å². The van der Waals surface area contributed by atoms with Gasteiger partial charge in [0, 0.05) is 0 Å². The number of hydrogen-bond donors (Lipinski definition) is 2. The molecule has 0 aliphatic carbocycles. The smallest absolute Gasteiger partial charge is 0.360 e. The number of nitrogens with two attached hydrogens (primary N) is 1. The van der Waals surface area contributed by atoms with Gasteiger partial charge in [-0.05, 0) is 13.8 Å². The van der Waals surface area contributed by atoms with Crippen LogP contribution in [0.4, 0.5) is 0 Å². The molecule has 0 bridgehead atoms. The molecule has 0 aromatic carbocycles. The first-order chi connectivity index (χ1) is 7.58. The first kappa shape index (κ1) is 12.2. The molecule has 1 heterocycles. The van der Waals surface area contributed by atoms with Crippen molar-refractivity contribution in [1.82, 2.24) is 10.4 Å². The van der Waals surface area contributed by atoms with Gasteiger partial charge in [-0.25, -0.2) is 15.6 Å². The fraction of sp³-hybridized carbons (Fsp3) is 0.444. The molecular formula is C9H13N3O4. The number of hydrogen-bond acceptors (Lipinski definition) is 6. The van der Waals surface area contributed by atoms with Gasteiger partial charge in [0.1, 0.15) is 12.2 Å². The number of amides is 1. The van der Waals surface area contributed by atoms with Gasteiger partial charge in [0.05, 0.1) is 6.61 Å². The van der Waals surface area contributed by atoms with Crippen LogP contribution in [0.15, 0.2) is 4.42 Å². The van der Waals surface area contributed by atoms with Crippen molar-refractivity contribution in [2.24, 2.45) is 5.84 Å². The summed E-state index contributed by atoms with van der Waals surface area (Å²) in [5.41, 5.74) is 2.03. The Bertz CT molecular complexity index is 399. The van der Waals surface area contributed by atoms with Crippen molar-refractivity contribution in [2.75, 3.05) is 6.61 Å². The molecule has 0 aliphatic rings. The van der Waals surface area contributed by atoms with Crippen LogP contribution in [-0.4, -0.2) is 23.5 Å². The van der Waals surface area contributed by atoms with Crippen LogP contribution < -0.4 is 11.3 Å². The van der Waals surface area contributed by atoms with Crippen LogP contribution in [0.1, 0.15) is 29.1 Å². The Labute approximate surface area is 91.9 Å². The second kappa shape index (κ2) is 5.26. The highest BCUT2D eigenvalue weighted by Gasteiger charge is 2.19. The molecule has 1 rings (SSSR count). The zero-order valence-corrected chi connectivity index (χ0v) is 9.07. The minimum atomic E-state index is -0.567. The summed E-state index contributed by atoms with van der Waals surface area (Å²) >= 11 is 0. The zero-order valence-electron chi connectivity index (χ0n) is 9.07. The highest BCUT2D eigenvalue weighted by Crippen LogP contribution is 2.11. The molecular weight excluding hydrogens is 214 g/mol. The number of aromatic nitrogens is 1. The molecule has 1 amide bonds. The average Bonchev–Trinajstić information content (AvgIpc) is 2.59. The number of carbonyl (C=O) groups is 2. The van der Waals surface area contributed by atoms with E-state index < -0.39 is 11.9 Å². The summed E-state index contributed by atoms with van der Waals surface area (Å²) in [7, 11) is 0. The minimum Gasteiger partial charge on any atom is -0.461 e. The molecule has 7 nitrogen and oxygen atoms in total. The molecule has 16 heavy (non-hydrogen) atoms. The van der Waals surface area contributed by atoms with Crippen molar-refractivity contribution in [3.63, 3.8) is 0 Å². The van der Waals surface area contributed by atoms with Crippen LogP contribution in [-0.2, 0) is 16.0 Å². The summed E-state index contributed by atoms with van der Waals surface area (Å²) in [4.78, 5) is 26.2. The summed E-state index contributed by atoms with van der Waals surface area (Å²) in [6.45, 7) is 3.52. The summed E-state index contributed by atoms with van der Waals surface area (Å²) in [6.07, 6.45) is -0.114. The molecule has 88 valence electrons. The predicted molar refractivity (Wildman–Crippen MR) is 53.2 cm³/mol. The largest absolute Gasteiger partial charge is 0.461 e. The Morgan fingerprint density at radius 2 is 2.25 bits per heavy atom. The van der Waals surface area contributed by atoms with Gasteiger partial charge in [0.15, 0.2) is 5.69 Å². The van der Waals surface area contributed by atoms with Gasteiger partial charge in [-0.2, -0.15) is 0 Å². The van der Waals surface area contributed by atoms with Crippen LogP contribution in [0.3, 0.4) is 0 Å². The second-order valence-corrected chi connectivity index (χ2v) is 2.98. The quantitative estimate of drug-likeness (QED) is 0.316. The lowest BCUT2D eigenvalue weighted by molar-refractivity contribution is -0.120. The number of esters is 1. The topological polar surface area (TPSA) is 107 Å². The predicted octanol–water partition coefficient (Wildman–Crippen LogP) is -0.308. The van der Waals surface area contributed by atoms with Gasteiger partial charge < -0.3 is 9.15 Å². The Hall–Kier alpha value is -1.89. The number of rotatable bonds is 4. The van der Waals surface area contributed by atoms with Crippen LogP contribution in [0.25, 0.3) is 0 Å². The van der Waals surface area contributed by atoms with E-state index in [0.717, 1.165) is 0 Å². The lowest BCUT2D eigenvalue weighted by Gasteiger charge is -1.96. The number of nitrogens with one attached hydrogen (secondary N) is 1. The standard InChI is InChI=1S/C9H13N3O4/c1-3-15-9(14)8-5(2)16-7(11-8)4-6(13)12-10/h3-4,10H2,1-2H3,(H,12,13). The average molecular weight is 227 g/mol. The Kier molecular flexibility index (Phi) is 4.01. The summed E-state index contributed by atoms with van der Waals surface area (Å²) in [5.74, 6) is 4.34. The highest BCUT2D eigenvalue weighted by molar-refractivity contribution is 5.88. The lowest BCUT2D eigenvalue weighted by atomic mass is 10.4. The number of nitrogens with zero attached hydrogens (tertiary/aromatic N) is 1. The van der Waals surface area contributed by atoms with E-state index in [4.69, 9.17) is 15.0 Å². The molecule has 0 unspecified atom stereocenters. The molecule has 0 atom stereocenters. The maximum absolute atomic E-state index is 11.4. The normalized spacial score (nSPS) is 9.94. The Balaban J connectivity index is 2.81. The minimum absolute atomic E-state index is 0.0849. The van der Waals surface area contributed by atoms with E-state index in [0.29, 0.717) is 5.76 Å². The Morgan fingerprint density at radius 3 is 2.81 bits per heavy atom. The molecule has 0 radical (unpaired) electrons. The fourth-order valence-electron chi connectivity index (χ4n) is 1.10. The first-order valence-electron chi connectivity index (χ1n) is 4.71. The summed E-state index contributed by atoms with van der Waals surface area (Å²) in [5, 5.41) is 0. The van der Waals surface area contributed by atoms with Gasteiger partial charge in [-0.3, -0.25) is 10.2 Å². The van der Waals surface area contributed by atoms with Crippen molar-refractivity contribution >= 4 is 11.9 Å². The van der Waals surface area contributed by atoms with Gasteiger partial charge in [0.2, 0.25) is 11.8 Å². The zero-order chi connectivity index (χ0) is 12.1. The molecule has 1 aromatic heterocycles. The number of aryl methyl sites for hydroxylation is 1. The van der Waals surface area contributed by atoms with E-state index in [-0.39, 0.29) is 24.6 Å². The van der Waals surface area contributed by atoms with E-state index in [1.807, 2.05) is 5.43 Å². The highest BCUT2D eigenvalue weighted by atomic mass is 16.5. The molecule has 0 fully saturated rings. The number of oxazole rings is 1. The number of ether oxygens (including phenoxy) is 1. The first-order valence-corrected chi connectivity index (χ1v) is 4.71. The van der Waals surface area contributed by atoms with Gasteiger partial charge in [0.25, 0.3) is 0 Å². The molecule has 0 spiro atoms. The number of hydrazine groups is 1. The SMILES string of the molecule is CCOC(=O)c1nc(CC(=O)NN)oc1C. The summed E-state index contributed by atoms with van der Waals surface area (Å²) < 4.78 is 9.89. The van der Waals surface area contributed by atoms with E-state index >= 15 is 0 Å². The molecule has 0 saturated heterocycles. The van der Waals surface area contributed by atoms with Crippen molar-refractivity contribution < 1.29 is 18.7 Å². The summed E-state index contributed by atoms with van der Waals surface area (Å²) in [6, 6.07) is 0. The second-order valence-electron chi connectivity index (χ2n) is 2.98. The van der Waals surface area contributed by atoms with Crippen molar-refractivity contribution in [2.45, 2.75) is 20.3 Å². The van der Waals surface area contributed by atoms with Crippen LogP contribution in [0.2, 0.25) is 0 Å². The van der Waals surface area contributed by atoms with Crippen molar-refractivity contribution in [3.8, 4) is 0 Å². The van der Waals surface area contributed by atoms with Crippen LogP contribution in [0.5, 0.6) is 0 Å². The van der Waals surface area contributed by atoms with E-state index in [2.05, 4.69) is 4.98 Å². The van der Waals surface area contributed by atoms with Crippen molar-refractivity contribution in [1.29, 1.82) is 0 Å². The third-order valence-corrected chi connectivity index (χ3v) is 1.78. The van der Waals surface area contributed by atoms with Crippen LogP contribution in [0, 0.1) is 6.92 Å². The monoisotopic (exact) mass is 227 g/mol. The third kappa shape index (κ3) is 2.80. The number of carbonyl (C=O) groups excluding carboxylic acids is 2. The fourth-order valence-corrected chi connectivity index (χ4v) is 1.10. The molecule has 7 heteroatoms. The molecule has 3 N–H and O–H groups in total. The Morgan fingerprint density at radius 1 is 1.56 bits per heavy atom. The molecule has 0 saturated carbocycles. The van der Waals surface area contributed by atoms with E-state index in [1.54, 1.807) is 13.8 Å². The van der Waals surface area contributed by atoms with E-state index in [1.165, 1.54) is 0 Å². The lowest BCUT2D eigenvalue weighted by Crippen LogP contribution is -2.31.